The summed E-state index contributed by atoms with van der Waals surface area (Å²) in [4.78, 5) is 26.7. The molecule has 0 saturated carbocycles. The van der Waals surface area contributed by atoms with Crippen LogP contribution in [0.1, 0.15) is 48.8 Å². The van der Waals surface area contributed by atoms with Crippen LogP contribution in [-0.2, 0) is 27.5 Å². The molecule has 1 heterocycles. The molecule has 0 radical (unpaired) electrons. The Morgan fingerprint density at radius 1 is 0.895 bits per heavy atom. The van der Waals surface area contributed by atoms with Crippen LogP contribution in [0.5, 0.6) is 11.5 Å². The molecule has 1 atom stereocenters. The number of Topliss-reactive ketones (excluding diaryl/α,β-unsaturated/α-hetero) is 1. The number of hydrogen-bond acceptors (Lipinski definition) is 6. The van der Waals surface area contributed by atoms with Crippen LogP contribution in [0.15, 0.2) is 101 Å². The fraction of sp³-hybridized carbons (Fsp3) is 0.250. The fourth-order valence-electron chi connectivity index (χ4n) is 5.11. The van der Waals surface area contributed by atoms with Crippen molar-refractivity contribution in [2.45, 2.75) is 45.3 Å². The second kappa shape index (κ2) is 11.4. The minimum atomic E-state index is -0.556. The van der Waals surface area contributed by atoms with Gasteiger partial charge in [0.1, 0.15) is 13.2 Å². The van der Waals surface area contributed by atoms with E-state index in [0.717, 1.165) is 35.2 Å². The first-order valence-electron chi connectivity index (χ1n) is 12.8. The number of ether oxygens (including phenoxy) is 3. The Balaban J connectivity index is 1.48. The summed E-state index contributed by atoms with van der Waals surface area (Å²) in [7, 11) is 1.59. The molecule has 3 aromatic rings. The summed E-state index contributed by atoms with van der Waals surface area (Å²) >= 11 is 0. The third kappa shape index (κ3) is 5.35. The number of rotatable bonds is 8. The number of carbonyl (C=O) groups is 2. The predicted molar refractivity (Wildman–Crippen MR) is 144 cm³/mol. The number of esters is 1. The number of hydrogen-bond donors (Lipinski definition) is 1. The lowest BCUT2D eigenvalue weighted by atomic mass is 9.75. The van der Waals surface area contributed by atoms with Crippen LogP contribution in [0.25, 0.3) is 0 Å². The number of dihydropyridines is 1. The van der Waals surface area contributed by atoms with Crippen molar-refractivity contribution in [3.63, 3.8) is 0 Å². The van der Waals surface area contributed by atoms with Gasteiger partial charge in [-0.1, -0.05) is 66.7 Å². The monoisotopic (exact) mass is 509 g/mol. The van der Waals surface area contributed by atoms with Crippen molar-refractivity contribution in [1.82, 2.24) is 5.32 Å². The normalized spacial score (nSPS) is 17.0. The molecule has 1 aliphatic heterocycles. The number of methoxy groups -OCH3 is 1. The number of allylic oxidation sites excluding steroid dienone is 3. The molecule has 0 spiro atoms. The molecule has 1 unspecified atom stereocenters. The van der Waals surface area contributed by atoms with Crippen molar-refractivity contribution in [3.8, 4) is 11.5 Å². The van der Waals surface area contributed by atoms with Gasteiger partial charge < -0.3 is 19.5 Å². The Hall–Kier alpha value is -4.32. The van der Waals surface area contributed by atoms with Crippen LogP contribution in [-0.4, -0.2) is 18.9 Å². The van der Waals surface area contributed by atoms with Gasteiger partial charge in [0.25, 0.3) is 0 Å². The molecule has 5 rings (SSSR count). The van der Waals surface area contributed by atoms with Gasteiger partial charge in [-0.15, -0.1) is 0 Å². The van der Waals surface area contributed by atoms with Gasteiger partial charge in [0.2, 0.25) is 0 Å². The van der Waals surface area contributed by atoms with E-state index < -0.39 is 11.9 Å². The third-order valence-corrected chi connectivity index (χ3v) is 6.97. The van der Waals surface area contributed by atoms with E-state index in [-0.39, 0.29) is 12.4 Å². The summed E-state index contributed by atoms with van der Waals surface area (Å²) in [6, 6.07) is 25.1. The van der Waals surface area contributed by atoms with Crippen molar-refractivity contribution >= 4 is 11.8 Å². The van der Waals surface area contributed by atoms with Crippen LogP contribution in [0.3, 0.4) is 0 Å². The molecule has 1 N–H and O–H groups in total. The minimum Gasteiger partial charge on any atom is -0.493 e. The van der Waals surface area contributed by atoms with Crippen LogP contribution >= 0.6 is 0 Å². The maximum absolute atomic E-state index is 13.5. The maximum atomic E-state index is 13.5. The Labute approximate surface area is 222 Å². The first kappa shape index (κ1) is 25.3. The highest BCUT2D eigenvalue weighted by Crippen LogP contribution is 2.44. The summed E-state index contributed by atoms with van der Waals surface area (Å²) in [5.41, 5.74) is 5.38. The summed E-state index contributed by atoms with van der Waals surface area (Å²) in [6.45, 7) is 2.41. The molecule has 38 heavy (non-hydrogen) atoms. The van der Waals surface area contributed by atoms with Crippen molar-refractivity contribution in [1.29, 1.82) is 0 Å². The van der Waals surface area contributed by atoms with Crippen molar-refractivity contribution in [2.24, 2.45) is 0 Å². The standard InChI is InChI=1S/C32H31NO5/c1-21-29(32(35)38-20-23-12-7-4-8-13-23)30(31-25(33-21)14-9-15-26(31)34)24-16-17-27(28(18-24)36-2)37-19-22-10-5-3-6-11-22/h3-8,10-13,16-18,30,33H,9,14-15,19-20H2,1-2H3. The molecule has 0 amide bonds. The van der Waals surface area contributed by atoms with E-state index in [1.807, 2.05) is 85.8 Å². The highest BCUT2D eigenvalue weighted by molar-refractivity contribution is 6.03. The molecule has 2 aliphatic rings. The zero-order valence-corrected chi connectivity index (χ0v) is 21.7. The van der Waals surface area contributed by atoms with Gasteiger partial charge in [-0.05, 0) is 48.6 Å². The van der Waals surface area contributed by atoms with E-state index in [0.29, 0.717) is 41.4 Å². The molecular formula is C32H31NO5. The topological polar surface area (TPSA) is 73.9 Å². The second-order valence-electron chi connectivity index (χ2n) is 9.51. The predicted octanol–water partition coefficient (Wildman–Crippen LogP) is 5.99. The molecule has 3 aromatic carbocycles. The number of benzene rings is 3. The summed E-state index contributed by atoms with van der Waals surface area (Å²) in [5.74, 6) is 0.175. The summed E-state index contributed by atoms with van der Waals surface area (Å²) < 4.78 is 17.5. The van der Waals surface area contributed by atoms with E-state index in [9.17, 15) is 9.59 Å². The molecule has 0 aromatic heterocycles. The third-order valence-electron chi connectivity index (χ3n) is 6.97. The van der Waals surface area contributed by atoms with Gasteiger partial charge >= 0.3 is 5.97 Å². The SMILES string of the molecule is COc1cc(C2C(C(=O)OCc3ccccc3)=C(C)NC3=C2C(=O)CCC3)ccc1OCc1ccccc1. The highest BCUT2D eigenvalue weighted by Gasteiger charge is 2.39. The molecule has 1 aliphatic carbocycles. The maximum Gasteiger partial charge on any atom is 0.337 e. The van der Waals surface area contributed by atoms with Crippen molar-refractivity contribution < 1.29 is 23.8 Å². The molecule has 6 nitrogen and oxygen atoms in total. The molecule has 194 valence electrons. The van der Waals surface area contributed by atoms with Crippen LogP contribution in [0, 0.1) is 0 Å². The average Bonchev–Trinajstić information content (AvgIpc) is 2.95. The number of nitrogens with one attached hydrogen (secondary N) is 1. The van der Waals surface area contributed by atoms with Gasteiger partial charge in [0, 0.05) is 29.3 Å². The van der Waals surface area contributed by atoms with Crippen molar-refractivity contribution in [2.75, 3.05) is 7.11 Å². The number of ketones is 1. The van der Waals surface area contributed by atoms with Gasteiger partial charge in [0.05, 0.1) is 12.7 Å². The molecule has 0 fully saturated rings. The lowest BCUT2D eigenvalue weighted by Gasteiger charge is -2.34. The average molecular weight is 510 g/mol. The van der Waals surface area contributed by atoms with Gasteiger partial charge in [-0.3, -0.25) is 4.79 Å². The number of carbonyl (C=O) groups excluding carboxylic acids is 2. The first-order chi connectivity index (χ1) is 18.5. The lowest BCUT2D eigenvalue weighted by Crippen LogP contribution is -2.34. The summed E-state index contributed by atoms with van der Waals surface area (Å²) in [6.07, 6.45) is 2.00. The van der Waals surface area contributed by atoms with E-state index in [4.69, 9.17) is 14.2 Å². The van der Waals surface area contributed by atoms with E-state index >= 15 is 0 Å². The fourth-order valence-corrected chi connectivity index (χ4v) is 5.11. The quantitative estimate of drug-likeness (QED) is 0.376. The van der Waals surface area contributed by atoms with Crippen LogP contribution in [0.4, 0.5) is 0 Å². The zero-order chi connectivity index (χ0) is 26.5. The van der Waals surface area contributed by atoms with Crippen molar-refractivity contribution in [3.05, 3.63) is 118 Å². The Morgan fingerprint density at radius 3 is 2.26 bits per heavy atom. The van der Waals surface area contributed by atoms with Crippen LogP contribution in [0.2, 0.25) is 0 Å². The summed E-state index contributed by atoms with van der Waals surface area (Å²) in [5, 5.41) is 3.34. The van der Waals surface area contributed by atoms with E-state index in [1.54, 1.807) is 7.11 Å². The Morgan fingerprint density at radius 2 is 1.58 bits per heavy atom. The minimum absolute atomic E-state index is 0.0491. The smallest absolute Gasteiger partial charge is 0.337 e. The van der Waals surface area contributed by atoms with Crippen LogP contribution < -0.4 is 14.8 Å². The zero-order valence-electron chi connectivity index (χ0n) is 21.7. The van der Waals surface area contributed by atoms with E-state index in [2.05, 4.69) is 5.32 Å². The van der Waals surface area contributed by atoms with Gasteiger partial charge in [-0.2, -0.15) is 0 Å². The Bertz CT molecular complexity index is 1390. The highest BCUT2D eigenvalue weighted by atomic mass is 16.5. The molecule has 0 saturated heterocycles. The van der Waals surface area contributed by atoms with E-state index in [1.165, 1.54) is 0 Å². The molecule has 6 heteroatoms. The molecule has 0 bridgehead atoms. The second-order valence-corrected chi connectivity index (χ2v) is 9.51. The lowest BCUT2D eigenvalue weighted by molar-refractivity contribution is -0.140. The van der Waals surface area contributed by atoms with Gasteiger partial charge in [-0.25, -0.2) is 4.79 Å². The molecular weight excluding hydrogens is 478 g/mol. The van der Waals surface area contributed by atoms with Gasteiger partial charge in [0.15, 0.2) is 17.3 Å². The Kier molecular flexibility index (Phi) is 7.59. The first-order valence-corrected chi connectivity index (χ1v) is 12.8. The largest absolute Gasteiger partial charge is 0.493 e.